The van der Waals surface area contributed by atoms with E-state index < -0.39 is 33.2 Å². The van der Waals surface area contributed by atoms with Crippen LogP contribution in [0.5, 0.6) is 11.5 Å². The van der Waals surface area contributed by atoms with Crippen LogP contribution < -0.4 is 20.8 Å². The Morgan fingerprint density at radius 1 is 1.28 bits per heavy atom. The van der Waals surface area contributed by atoms with E-state index in [-0.39, 0.29) is 34.3 Å². The predicted molar refractivity (Wildman–Crippen MR) is 127 cm³/mol. The highest BCUT2D eigenvalue weighted by Crippen LogP contribution is 2.49. The average Bonchev–Trinajstić information content (AvgIpc) is 2.76. The Kier molecular flexibility index (Phi) is 5.65. The number of hydrogen-bond donors (Lipinski definition) is 2. The van der Waals surface area contributed by atoms with Crippen LogP contribution in [0.2, 0.25) is 0 Å². The van der Waals surface area contributed by atoms with Gasteiger partial charge in [0.1, 0.15) is 23.9 Å². The molecule has 2 fully saturated rings. The number of nitrogens with zero attached hydrogens (tertiary/aromatic N) is 4. The Balaban J connectivity index is 1.45. The summed E-state index contributed by atoms with van der Waals surface area (Å²) in [6.45, 7) is 0.445. The number of carbonyl (C=O) groups excluding carboxylic acids is 1. The second-order valence-corrected chi connectivity index (χ2v) is 10.7. The van der Waals surface area contributed by atoms with Crippen LogP contribution in [-0.2, 0) is 21.5 Å². The largest absolute Gasteiger partial charge is 0.453 e. The molecule has 2 aromatic carbocycles. The lowest BCUT2D eigenvalue weighted by Gasteiger charge is -2.54. The summed E-state index contributed by atoms with van der Waals surface area (Å²) in [7, 11) is -3.94. The Hall–Kier alpha value is -4.02. The molecule has 1 aromatic heterocycles. The number of amides is 1. The maximum Gasteiger partial charge on any atom is 0.301 e. The molecular weight excluding hydrogens is 491 g/mol. The fourth-order valence-electron chi connectivity index (χ4n) is 4.52. The van der Waals surface area contributed by atoms with Gasteiger partial charge < -0.3 is 10.5 Å². The lowest BCUT2D eigenvalue weighted by Crippen LogP contribution is -2.62. The van der Waals surface area contributed by atoms with Gasteiger partial charge in [-0.25, -0.2) is 9.37 Å². The van der Waals surface area contributed by atoms with Crippen molar-refractivity contribution in [2.75, 3.05) is 17.8 Å². The molecule has 2 aliphatic rings. The molecule has 0 atom stereocenters. The first-order valence-electron chi connectivity index (χ1n) is 11.1. The SMILES string of the molecule is N#Cc1c(NS(=O)(=O)N2CC3(CCC3)C2)ccc(F)c1Oc1ccc2ncn(CC(N)=O)c(=O)c2c1. The van der Waals surface area contributed by atoms with Gasteiger partial charge in [-0.15, -0.1) is 0 Å². The number of nitrogens with two attached hydrogens (primary N) is 1. The molecule has 1 aliphatic heterocycles. The van der Waals surface area contributed by atoms with Crippen molar-refractivity contribution in [2.24, 2.45) is 11.1 Å². The fourth-order valence-corrected chi connectivity index (χ4v) is 5.99. The molecule has 5 rings (SSSR count). The van der Waals surface area contributed by atoms with Crippen molar-refractivity contribution in [1.29, 1.82) is 5.26 Å². The van der Waals surface area contributed by atoms with Crippen molar-refractivity contribution in [1.82, 2.24) is 13.9 Å². The van der Waals surface area contributed by atoms with E-state index in [9.17, 15) is 27.7 Å². The molecule has 13 heteroatoms. The first-order chi connectivity index (χ1) is 17.1. The zero-order valence-electron chi connectivity index (χ0n) is 18.9. The molecule has 0 radical (unpaired) electrons. The third-order valence-electron chi connectivity index (χ3n) is 6.58. The lowest BCUT2D eigenvalue weighted by molar-refractivity contribution is -0.118. The number of halogens is 1. The minimum Gasteiger partial charge on any atom is -0.453 e. The van der Waals surface area contributed by atoms with Crippen LogP contribution in [0.3, 0.4) is 0 Å². The molecule has 186 valence electrons. The summed E-state index contributed by atoms with van der Waals surface area (Å²) >= 11 is 0. The van der Waals surface area contributed by atoms with Crippen molar-refractivity contribution in [3.8, 4) is 17.6 Å². The summed E-state index contributed by atoms with van der Waals surface area (Å²) in [4.78, 5) is 28.0. The van der Waals surface area contributed by atoms with E-state index in [2.05, 4.69) is 9.71 Å². The number of carbonyl (C=O) groups is 1. The molecule has 0 bridgehead atoms. The number of primary amides is 1. The monoisotopic (exact) mass is 512 g/mol. The third kappa shape index (κ3) is 4.14. The summed E-state index contributed by atoms with van der Waals surface area (Å²) in [5.74, 6) is -2.13. The van der Waals surface area contributed by atoms with Crippen LogP contribution in [0.15, 0.2) is 41.5 Å². The second-order valence-electron chi connectivity index (χ2n) is 9.06. The van der Waals surface area contributed by atoms with Gasteiger partial charge in [-0.1, -0.05) is 6.42 Å². The van der Waals surface area contributed by atoms with Crippen molar-refractivity contribution in [3.63, 3.8) is 0 Å². The molecule has 1 saturated carbocycles. The maximum absolute atomic E-state index is 14.7. The molecule has 11 nitrogen and oxygen atoms in total. The van der Waals surface area contributed by atoms with Gasteiger partial charge in [-0.05, 0) is 48.6 Å². The Morgan fingerprint density at radius 3 is 2.67 bits per heavy atom. The highest BCUT2D eigenvalue weighted by molar-refractivity contribution is 7.90. The van der Waals surface area contributed by atoms with Gasteiger partial charge in [0.2, 0.25) is 5.91 Å². The molecular formula is C23H21FN6O5S. The van der Waals surface area contributed by atoms with Gasteiger partial charge >= 0.3 is 10.2 Å². The van der Waals surface area contributed by atoms with Gasteiger partial charge in [0.25, 0.3) is 5.56 Å². The summed E-state index contributed by atoms with van der Waals surface area (Å²) in [5, 5.41) is 9.80. The van der Waals surface area contributed by atoms with Crippen LogP contribution in [0.25, 0.3) is 10.9 Å². The van der Waals surface area contributed by atoms with Gasteiger partial charge in [-0.3, -0.25) is 18.9 Å². The zero-order chi connectivity index (χ0) is 25.7. The van der Waals surface area contributed by atoms with Crippen molar-refractivity contribution < 1.29 is 22.3 Å². The molecule has 1 saturated heterocycles. The number of nitrogens with one attached hydrogen (secondary N) is 1. The smallest absolute Gasteiger partial charge is 0.301 e. The minimum atomic E-state index is -3.94. The van der Waals surface area contributed by atoms with E-state index in [4.69, 9.17) is 10.5 Å². The molecule has 2 heterocycles. The average molecular weight is 513 g/mol. The van der Waals surface area contributed by atoms with E-state index in [1.165, 1.54) is 28.8 Å². The number of aromatic nitrogens is 2. The summed E-state index contributed by atoms with van der Waals surface area (Å²) in [6.07, 6.45) is 4.25. The molecule has 36 heavy (non-hydrogen) atoms. The van der Waals surface area contributed by atoms with Gasteiger partial charge in [0, 0.05) is 13.1 Å². The number of fused-ring (bicyclic) bond motifs is 1. The fraction of sp³-hybridized carbons (Fsp3) is 0.304. The van der Waals surface area contributed by atoms with Gasteiger partial charge in [0.05, 0.1) is 22.9 Å². The lowest BCUT2D eigenvalue weighted by atomic mass is 9.65. The molecule has 3 aromatic rings. The highest BCUT2D eigenvalue weighted by Gasteiger charge is 2.51. The van der Waals surface area contributed by atoms with Gasteiger partial charge in [-0.2, -0.15) is 18.0 Å². The summed E-state index contributed by atoms with van der Waals surface area (Å²) in [5.41, 5.74) is 4.47. The third-order valence-corrected chi connectivity index (χ3v) is 8.00. The highest BCUT2D eigenvalue weighted by atomic mass is 32.2. The number of anilines is 1. The van der Waals surface area contributed by atoms with Crippen molar-refractivity contribution in [3.05, 3.63) is 58.4 Å². The number of ether oxygens (including phenoxy) is 1. The first kappa shape index (κ1) is 23.7. The standard InChI is InChI=1S/C23H21FN6O5S/c24-17-3-5-19(28-36(33,34)30-11-23(12-30)6-1-7-23)16(9-25)21(17)35-14-2-4-18-15(8-14)22(32)29(13-27-18)10-20(26)31/h2-5,8,13,28H,1,6-7,10-12H2,(H2,26,31). The molecule has 1 amide bonds. The number of benzene rings is 2. The predicted octanol–water partition coefficient (Wildman–Crippen LogP) is 1.83. The van der Waals surface area contributed by atoms with Crippen LogP contribution >= 0.6 is 0 Å². The second kappa shape index (κ2) is 8.58. The van der Waals surface area contributed by atoms with E-state index in [1.807, 2.05) is 0 Å². The normalized spacial score (nSPS) is 16.7. The van der Waals surface area contributed by atoms with Crippen LogP contribution in [0.1, 0.15) is 24.8 Å². The zero-order valence-corrected chi connectivity index (χ0v) is 19.7. The van der Waals surface area contributed by atoms with Crippen molar-refractivity contribution >= 4 is 32.7 Å². The molecule has 0 unspecified atom stereocenters. The molecule has 3 N–H and O–H groups in total. The molecule has 1 spiro atoms. The van der Waals surface area contributed by atoms with Gasteiger partial charge in [0.15, 0.2) is 11.6 Å². The first-order valence-corrected chi connectivity index (χ1v) is 12.5. The van der Waals surface area contributed by atoms with E-state index in [1.54, 1.807) is 6.07 Å². The van der Waals surface area contributed by atoms with Crippen LogP contribution in [0.4, 0.5) is 10.1 Å². The topological polar surface area (TPSA) is 160 Å². The molecule has 1 aliphatic carbocycles. The van der Waals surface area contributed by atoms with E-state index in [0.717, 1.165) is 36.0 Å². The quantitative estimate of drug-likeness (QED) is 0.488. The summed E-state index contributed by atoms with van der Waals surface area (Å²) < 4.78 is 50.7. The van der Waals surface area contributed by atoms with Crippen LogP contribution in [0, 0.1) is 22.6 Å². The Bertz CT molecular complexity index is 1600. The Morgan fingerprint density at radius 2 is 2.03 bits per heavy atom. The number of rotatable bonds is 7. The number of hydrogen-bond acceptors (Lipinski definition) is 7. The number of nitriles is 1. The van der Waals surface area contributed by atoms with Crippen molar-refractivity contribution in [2.45, 2.75) is 25.8 Å². The minimum absolute atomic E-state index is 0.00306. The Labute approximate surface area is 205 Å². The summed E-state index contributed by atoms with van der Waals surface area (Å²) in [6, 6.07) is 8.11. The maximum atomic E-state index is 14.7. The van der Waals surface area contributed by atoms with E-state index >= 15 is 0 Å². The van der Waals surface area contributed by atoms with E-state index in [0.29, 0.717) is 18.6 Å². The van der Waals surface area contributed by atoms with Crippen LogP contribution in [-0.4, -0.2) is 41.3 Å².